The van der Waals surface area contributed by atoms with Crippen LogP contribution in [0.15, 0.2) is 23.0 Å². The summed E-state index contributed by atoms with van der Waals surface area (Å²) in [7, 11) is 0. The average Bonchev–Trinajstić information content (AvgIpc) is 3.58. The summed E-state index contributed by atoms with van der Waals surface area (Å²) in [5, 5.41) is 7.75. The van der Waals surface area contributed by atoms with Crippen molar-refractivity contribution in [3.05, 3.63) is 34.1 Å². The molecular weight excluding hydrogens is 424 g/mol. The van der Waals surface area contributed by atoms with E-state index in [-0.39, 0.29) is 11.6 Å². The first-order chi connectivity index (χ1) is 15.8. The van der Waals surface area contributed by atoms with Crippen molar-refractivity contribution in [1.82, 2.24) is 20.3 Å². The number of benzene rings is 1. The van der Waals surface area contributed by atoms with Gasteiger partial charge in [-0.05, 0) is 49.8 Å². The van der Waals surface area contributed by atoms with Crippen molar-refractivity contribution in [3.63, 3.8) is 0 Å². The number of rotatable bonds is 5. The lowest BCUT2D eigenvalue weighted by Gasteiger charge is -2.29. The zero-order valence-electron chi connectivity index (χ0n) is 18.0. The number of nitrogens with one attached hydrogen (secondary N) is 3. The quantitative estimate of drug-likeness (QED) is 0.548. The van der Waals surface area contributed by atoms with E-state index in [2.05, 4.69) is 32.7 Å². The maximum absolute atomic E-state index is 13.4. The highest BCUT2D eigenvalue weighted by molar-refractivity contribution is 7.21. The monoisotopic (exact) mass is 452 g/mol. The van der Waals surface area contributed by atoms with Gasteiger partial charge in [-0.1, -0.05) is 12.1 Å². The summed E-state index contributed by atoms with van der Waals surface area (Å²) >= 11 is 1.62. The van der Waals surface area contributed by atoms with Crippen LogP contribution >= 0.6 is 11.3 Å². The Morgan fingerprint density at radius 1 is 1.16 bits per heavy atom. The van der Waals surface area contributed by atoms with Crippen LogP contribution < -0.4 is 21.1 Å². The van der Waals surface area contributed by atoms with Gasteiger partial charge in [0.1, 0.15) is 16.4 Å². The van der Waals surface area contributed by atoms with Crippen LogP contribution in [-0.2, 0) is 4.74 Å². The number of hydrogen-bond donors (Lipinski definition) is 3. The molecule has 168 valence electrons. The van der Waals surface area contributed by atoms with Gasteiger partial charge in [-0.2, -0.15) is 4.98 Å². The molecule has 3 fully saturated rings. The van der Waals surface area contributed by atoms with Crippen molar-refractivity contribution >= 4 is 33.3 Å². The van der Waals surface area contributed by atoms with Crippen LogP contribution in [0.25, 0.3) is 20.8 Å². The number of ether oxygens (including phenoxy) is 1. The topological polar surface area (TPSA) is 95.2 Å². The molecule has 9 heteroatoms. The molecule has 1 atom stereocenters. The molecular formula is C23H28N6O2S. The molecule has 6 rings (SSSR count). The maximum atomic E-state index is 13.4. The second-order valence-electron chi connectivity index (χ2n) is 8.89. The van der Waals surface area contributed by atoms with Gasteiger partial charge < -0.3 is 20.3 Å². The van der Waals surface area contributed by atoms with E-state index in [1.807, 2.05) is 6.07 Å². The highest BCUT2D eigenvalue weighted by Gasteiger charge is 2.28. The highest BCUT2D eigenvalue weighted by Crippen LogP contribution is 2.45. The molecule has 8 nitrogen and oxygen atoms in total. The largest absolute Gasteiger partial charge is 0.378 e. The molecule has 3 N–H and O–H groups in total. The predicted molar refractivity (Wildman–Crippen MR) is 128 cm³/mol. The fourth-order valence-electron chi connectivity index (χ4n) is 4.65. The molecule has 2 aromatic heterocycles. The van der Waals surface area contributed by atoms with Crippen LogP contribution in [0.3, 0.4) is 0 Å². The Bertz CT molecular complexity index is 1170. The number of H-pyrrole nitrogens is 1. The zero-order valence-corrected chi connectivity index (χ0v) is 18.8. The van der Waals surface area contributed by atoms with Crippen molar-refractivity contribution < 1.29 is 4.74 Å². The summed E-state index contributed by atoms with van der Waals surface area (Å²) in [6.07, 6.45) is 4.65. The van der Waals surface area contributed by atoms with E-state index in [9.17, 15) is 4.79 Å². The SMILES string of the molecule is O=c1[nH]c(N2CCOCC2)nc(N[C@@H]2CCCNC2)c1-c1nc2cccc(C3CC3)c2s1. The van der Waals surface area contributed by atoms with Gasteiger partial charge in [0.05, 0.1) is 23.4 Å². The van der Waals surface area contributed by atoms with Gasteiger partial charge in [0, 0.05) is 25.7 Å². The van der Waals surface area contributed by atoms with E-state index in [1.54, 1.807) is 11.3 Å². The number of nitrogens with zero attached hydrogens (tertiary/aromatic N) is 3. The molecule has 0 bridgehead atoms. The Morgan fingerprint density at radius 2 is 2.03 bits per heavy atom. The summed E-state index contributed by atoms with van der Waals surface area (Å²) in [4.78, 5) is 28.3. The Balaban J connectivity index is 1.44. The van der Waals surface area contributed by atoms with Crippen molar-refractivity contribution in [2.45, 2.75) is 37.6 Å². The van der Waals surface area contributed by atoms with Crippen LogP contribution in [-0.4, -0.2) is 60.4 Å². The first-order valence-electron chi connectivity index (χ1n) is 11.6. The summed E-state index contributed by atoms with van der Waals surface area (Å²) in [5.74, 6) is 1.88. The molecule has 3 aliphatic rings. The van der Waals surface area contributed by atoms with Gasteiger partial charge in [-0.3, -0.25) is 9.78 Å². The van der Waals surface area contributed by atoms with E-state index >= 15 is 0 Å². The van der Waals surface area contributed by atoms with Gasteiger partial charge in [0.15, 0.2) is 0 Å². The summed E-state index contributed by atoms with van der Waals surface area (Å²) in [6.45, 7) is 4.63. The van der Waals surface area contributed by atoms with Gasteiger partial charge in [0.2, 0.25) is 5.95 Å². The second kappa shape index (κ2) is 8.46. The lowest BCUT2D eigenvalue weighted by molar-refractivity contribution is 0.122. The van der Waals surface area contributed by atoms with Crippen molar-refractivity contribution in [1.29, 1.82) is 0 Å². The molecule has 32 heavy (non-hydrogen) atoms. The molecule has 0 radical (unpaired) electrons. The van der Waals surface area contributed by atoms with Gasteiger partial charge >= 0.3 is 0 Å². The van der Waals surface area contributed by atoms with Crippen molar-refractivity contribution in [2.24, 2.45) is 0 Å². The highest BCUT2D eigenvalue weighted by atomic mass is 32.1. The summed E-state index contributed by atoms with van der Waals surface area (Å²) in [5.41, 5.74) is 2.75. The minimum absolute atomic E-state index is 0.139. The second-order valence-corrected chi connectivity index (χ2v) is 9.89. The Hall–Kier alpha value is -2.49. The Morgan fingerprint density at radius 3 is 2.81 bits per heavy atom. The van der Waals surface area contributed by atoms with E-state index in [1.165, 1.54) is 23.1 Å². The summed E-state index contributed by atoms with van der Waals surface area (Å²) < 4.78 is 6.67. The normalized spacial score (nSPS) is 21.8. The maximum Gasteiger partial charge on any atom is 0.264 e. The van der Waals surface area contributed by atoms with Crippen LogP contribution in [0.5, 0.6) is 0 Å². The molecule has 2 saturated heterocycles. The summed E-state index contributed by atoms with van der Waals surface area (Å²) in [6, 6.07) is 6.57. The Kier molecular flexibility index (Phi) is 5.32. The van der Waals surface area contributed by atoms with E-state index in [0.29, 0.717) is 36.5 Å². The van der Waals surface area contributed by atoms with Gasteiger partial charge in [0.25, 0.3) is 5.56 Å². The minimum atomic E-state index is -0.139. The number of piperidine rings is 1. The lowest BCUT2D eigenvalue weighted by atomic mass is 10.1. The van der Waals surface area contributed by atoms with Gasteiger partial charge in [-0.25, -0.2) is 4.98 Å². The number of aromatic nitrogens is 3. The smallest absolute Gasteiger partial charge is 0.264 e. The molecule has 4 heterocycles. The van der Waals surface area contributed by atoms with Crippen molar-refractivity contribution in [3.8, 4) is 10.6 Å². The number of morpholine rings is 1. The standard InChI is InChI=1S/C23H28N6O2S/c30-21-18(22-26-17-5-1-4-16(14-6-7-14)19(17)32-22)20(25-15-3-2-8-24-13-15)27-23(28-21)29-9-11-31-12-10-29/h1,4-5,14-15,24H,2-3,6-13H2,(H2,25,27,28,30)/t15-/m1/s1. The van der Waals surface area contributed by atoms with Crippen LogP contribution in [0, 0.1) is 0 Å². The third-order valence-electron chi connectivity index (χ3n) is 6.53. The minimum Gasteiger partial charge on any atom is -0.378 e. The molecule has 0 amide bonds. The van der Waals surface area contributed by atoms with E-state index < -0.39 is 0 Å². The number of thiazole rings is 1. The molecule has 0 spiro atoms. The number of aromatic amines is 1. The van der Waals surface area contributed by atoms with E-state index in [4.69, 9.17) is 14.7 Å². The molecule has 2 aliphatic heterocycles. The molecule has 1 saturated carbocycles. The molecule has 1 aliphatic carbocycles. The van der Waals surface area contributed by atoms with Gasteiger partial charge in [-0.15, -0.1) is 11.3 Å². The molecule has 3 aromatic rings. The van der Waals surface area contributed by atoms with Crippen molar-refractivity contribution in [2.75, 3.05) is 49.6 Å². The molecule has 1 aromatic carbocycles. The van der Waals surface area contributed by atoms with Crippen LogP contribution in [0.4, 0.5) is 11.8 Å². The number of anilines is 2. The number of fused-ring (bicyclic) bond motifs is 1. The van der Waals surface area contributed by atoms with E-state index in [0.717, 1.165) is 49.5 Å². The average molecular weight is 453 g/mol. The third-order valence-corrected chi connectivity index (χ3v) is 7.67. The molecule has 0 unspecified atom stereocenters. The van der Waals surface area contributed by atoms with Crippen LogP contribution in [0.1, 0.15) is 37.2 Å². The first-order valence-corrected chi connectivity index (χ1v) is 12.4. The zero-order chi connectivity index (χ0) is 21.5. The fourth-order valence-corrected chi connectivity index (χ4v) is 5.85. The lowest BCUT2D eigenvalue weighted by Crippen LogP contribution is -2.40. The number of hydrogen-bond acceptors (Lipinski definition) is 8. The Labute approximate surface area is 190 Å². The first kappa shape index (κ1) is 20.1. The van der Waals surface area contributed by atoms with Crippen LogP contribution in [0.2, 0.25) is 0 Å². The third kappa shape index (κ3) is 3.89. The predicted octanol–water partition coefficient (Wildman–Crippen LogP) is 2.92. The fraction of sp³-hybridized carbons (Fsp3) is 0.522.